The molecule has 0 aliphatic heterocycles. The normalized spacial score (nSPS) is 9.21. The van der Waals surface area contributed by atoms with Crippen molar-refractivity contribution in [2.75, 3.05) is 12.8 Å². The number of nitrogen functional groups attached to an aromatic ring is 1. The van der Waals surface area contributed by atoms with Crippen molar-refractivity contribution in [2.24, 2.45) is 0 Å². The van der Waals surface area contributed by atoms with E-state index in [4.69, 9.17) is 22.6 Å². The molecule has 5 heteroatoms. The van der Waals surface area contributed by atoms with E-state index in [0.29, 0.717) is 0 Å². The zero-order valence-electron chi connectivity index (χ0n) is 7.37. The maximum absolute atomic E-state index is 11.2. The van der Waals surface area contributed by atoms with Gasteiger partial charge in [-0.2, -0.15) is 5.26 Å². The fourth-order valence-electron chi connectivity index (χ4n) is 0.961. The van der Waals surface area contributed by atoms with Crippen molar-refractivity contribution in [1.29, 1.82) is 5.26 Å². The molecule has 1 aromatic rings. The topological polar surface area (TPSA) is 76.1 Å². The van der Waals surface area contributed by atoms with E-state index in [1.165, 1.54) is 19.2 Å². The first-order chi connectivity index (χ1) is 6.60. The summed E-state index contributed by atoms with van der Waals surface area (Å²) >= 11 is 5.68. The maximum atomic E-state index is 11.2. The third-order valence-corrected chi connectivity index (χ3v) is 1.99. The molecule has 1 rings (SSSR count). The minimum Gasteiger partial charge on any atom is -0.465 e. The van der Waals surface area contributed by atoms with Crippen LogP contribution in [-0.4, -0.2) is 13.1 Å². The lowest BCUT2D eigenvalue weighted by atomic mass is 10.1. The first-order valence-electron chi connectivity index (χ1n) is 3.67. The van der Waals surface area contributed by atoms with Gasteiger partial charge in [-0.25, -0.2) is 4.79 Å². The van der Waals surface area contributed by atoms with Crippen molar-refractivity contribution in [3.63, 3.8) is 0 Å². The standard InChI is InChI=1S/C9H7ClN2O2/c1-14-9(13)6-3-8(12)7(10)2-5(6)4-11/h2-3H,12H2,1H3. The van der Waals surface area contributed by atoms with E-state index in [2.05, 4.69) is 4.74 Å². The van der Waals surface area contributed by atoms with Crippen LogP contribution in [0.2, 0.25) is 5.02 Å². The Hall–Kier alpha value is -1.73. The highest BCUT2D eigenvalue weighted by atomic mass is 35.5. The molecular weight excluding hydrogens is 204 g/mol. The summed E-state index contributed by atoms with van der Waals surface area (Å²) in [5.41, 5.74) is 6.00. The largest absolute Gasteiger partial charge is 0.465 e. The Morgan fingerprint density at radius 2 is 2.29 bits per heavy atom. The Bertz CT molecular complexity index is 424. The molecular formula is C9H7ClN2O2. The van der Waals surface area contributed by atoms with E-state index in [1.807, 2.05) is 6.07 Å². The Kier molecular flexibility index (Phi) is 2.95. The lowest BCUT2D eigenvalue weighted by molar-refractivity contribution is 0.0600. The van der Waals surface area contributed by atoms with Crippen LogP contribution in [0.4, 0.5) is 5.69 Å². The number of benzene rings is 1. The number of nitriles is 1. The zero-order valence-corrected chi connectivity index (χ0v) is 8.13. The molecule has 0 saturated carbocycles. The van der Waals surface area contributed by atoms with Crippen LogP contribution >= 0.6 is 11.6 Å². The molecule has 14 heavy (non-hydrogen) atoms. The molecule has 72 valence electrons. The fourth-order valence-corrected chi connectivity index (χ4v) is 1.13. The smallest absolute Gasteiger partial charge is 0.339 e. The number of halogens is 1. The van der Waals surface area contributed by atoms with E-state index in [0.717, 1.165) is 0 Å². The van der Waals surface area contributed by atoms with E-state index in [1.54, 1.807) is 0 Å². The third kappa shape index (κ3) is 1.78. The van der Waals surface area contributed by atoms with Gasteiger partial charge in [0.15, 0.2) is 0 Å². The van der Waals surface area contributed by atoms with Gasteiger partial charge in [-0.05, 0) is 12.1 Å². The molecule has 4 nitrogen and oxygen atoms in total. The van der Waals surface area contributed by atoms with Crippen LogP contribution < -0.4 is 5.73 Å². The van der Waals surface area contributed by atoms with Crippen molar-refractivity contribution in [3.8, 4) is 6.07 Å². The monoisotopic (exact) mass is 210 g/mol. The second-order valence-electron chi connectivity index (χ2n) is 2.52. The van der Waals surface area contributed by atoms with Gasteiger partial charge in [0, 0.05) is 0 Å². The minimum absolute atomic E-state index is 0.122. The first kappa shape index (κ1) is 10.4. The van der Waals surface area contributed by atoms with Gasteiger partial charge in [0.2, 0.25) is 0 Å². The lowest BCUT2D eigenvalue weighted by Gasteiger charge is -2.04. The van der Waals surface area contributed by atoms with E-state index < -0.39 is 5.97 Å². The Balaban J connectivity index is 3.36. The molecule has 0 saturated heterocycles. The lowest BCUT2D eigenvalue weighted by Crippen LogP contribution is -2.05. The van der Waals surface area contributed by atoms with Crippen molar-refractivity contribution in [3.05, 3.63) is 28.3 Å². The summed E-state index contributed by atoms with van der Waals surface area (Å²) in [5, 5.41) is 8.97. The number of carbonyl (C=O) groups is 1. The molecule has 0 radical (unpaired) electrons. The molecule has 0 aromatic heterocycles. The van der Waals surface area contributed by atoms with Crippen molar-refractivity contribution in [2.45, 2.75) is 0 Å². The zero-order chi connectivity index (χ0) is 10.7. The highest BCUT2D eigenvalue weighted by Crippen LogP contribution is 2.23. The van der Waals surface area contributed by atoms with Gasteiger partial charge >= 0.3 is 5.97 Å². The minimum atomic E-state index is -0.607. The van der Waals surface area contributed by atoms with Crippen molar-refractivity contribution in [1.82, 2.24) is 0 Å². The number of rotatable bonds is 1. The summed E-state index contributed by atoms with van der Waals surface area (Å²) in [5.74, 6) is -0.607. The molecule has 1 aromatic carbocycles. The van der Waals surface area contributed by atoms with Crippen molar-refractivity contribution < 1.29 is 9.53 Å². The average Bonchev–Trinajstić information content (AvgIpc) is 2.20. The number of hydrogen-bond donors (Lipinski definition) is 1. The summed E-state index contributed by atoms with van der Waals surface area (Å²) in [6, 6.07) is 4.50. The van der Waals surface area contributed by atoms with Crippen molar-refractivity contribution >= 4 is 23.3 Å². The molecule has 0 spiro atoms. The van der Waals surface area contributed by atoms with E-state index in [-0.39, 0.29) is 21.8 Å². The molecule has 0 bridgehead atoms. The predicted molar refractivity (Wildman–Crippen MR) is 51.9 cm³/mol. The van der Waals surface area contributed by atoms with Gasteiger partial charge in [0.1, 0.15) is 6.07 Å². The second-order valence-corrected chi connectivity index (χ2v) is 2.93. The number of anilines is 1. The van der Waals surface area contributed by atoms with Crippen LogP contribution in [-0.2, 0) is 4.74 Å². The number of hydrogen-bond acceptors (Lipinski definition) is 4. The summed E-state index contributed by atoms with van der Waals surface area (Å²) in [6.45, 7) is 0. The van der Waals surface area contributed by atoms with Gasteiger partial charge < -0.3 is 10.5 Å². The third-order valence-electron chi connectivity index (χ3n) is 1.66. The molecule has 0 heterocycles. The number of nitrogens with two attached hydrogens (primary N) is 1. The second kappa shape index (κ2) is 3.99. The average molecular weight is 211 g/mol. The summed E-state index contributed by atoms with van der Waals surface area (Å²) in [4.78, 5) is 11.2. The number of ether oxygens (including phenoxy) is 1. The Morgan fingerprint density at radius 1 is 1.64 bits per heavy atom. The van der Waals surface area contributed by atoms with Crippen LogP contribution in [0.5, 0.6) is 0 Å². The Labute approximate surface area is 85.8 Å². The fraction of sp³-hybridized carbons (Fsp3) is 0.111. The van der Waals surface area contributed by atoms with Gasteiger partial charge in [-0.15, -0.1) is 0 Å². The highest BCUT2D eigenvalue weighted by molar-refractivity contribution is 6.33. The van der Waals surface area contributed by atoms with E-state index >= 15 is 0 Å². The molecule has 0 fully saturated rings. The van der Waals surface area contributed by atoms with Crippen LogP contribution in [0.15, 0.2) is 12.1 Å². The molecule has 0 amide bonds. The quantitative estimate of drug-likeness (QED) is 0.564. The van der Waals surface area contributed by atoms with Gasteiger partial charge in [-0.1, -0.05) is 11.6 Å². The SMILES string of the molecule is COC(=O)c1cc(N)c(Cl)cc1C#N. The van der Waals surface area contributed by atoms with Gasteiger partial charge in [-0.3, -0.25) is 0 Å². The summed E-state index contributed by atoms with van der Waals surface area (Å²) < 4.78 is 4.48. The van der Waals surface area contributed by atoms with E-state index in [9.17, 15) is 4.79 Å². The number of carbonyl (C=O) groups excluding carboxylic acids is 1. The molecule has 0 unspecified atom stereocenters. The maximum Gasteiger partial charge on any atom is 0.339 e. The van der Waals surface area contributed by atoms with Crippen LogP contribution in [0.3, 0.4) is 0 Å². The van der Waals surface area contributed by atoms with Gasteiger partial charge in [0.05, 0.1) is 28.9 Å². The predicted octanol–water partition coefficient (Wildman–Crippen LogP) is 1.58. The molecule has 0 atom stereocenters. The summed E-state index contributed by atoms with van der Waals surface area (Å²) in [7, 11) is 1.23. The van der Waals surface area contributed by atoms with Gasteiger partial charge in [0.25, 0.3) is 0 Å². The number of esters is 1. The Morgan fingerprint density at radius 3 is 2.79 bits per heavy atom. The molecule has 0 aliphatic rings. The highest BCUT2D eigenvalue weighted by Gasteiger charge is 2.13. The first-order valence-corrected chi connectivity index (χ1v) is 4.05. The summed E-state index contributed by atoms with van der Waals surface area (Å²) in [6.07, 6.45) is 0. The number of nitrogens with zero attached hydrogens (tertiary/aromatic N) is 1. The van der Waals surface area contributed by atoms with Crippen LogP contribution in [0.25, 0.3) is 0 Å². The van der Waals surface area contributed by atoms with Crippen LogP contribution in [0, 0.1) is 11.3 Å². The molecule has 2 N–H and O–H groups in total. The molecule has 0 aliphatic carbocycles. The number of methoxy groups -OCH3 is 1. The van der Waals surface area contributed by atoms with Crippen LogP contribution in [0.1, 0.15) is 15.9 Å².